The lowest BCUT2D eigenvalue weighted by atomic mass is 10.1. The summed E-state index contributed by atoms with van der Waals surface area (Å²) in [6.07, 6.45) is 2.67. The van der Waals surface area contributed by atoms with E-state index in [9.17, 15) is 0 Å². The Morgan fingerprint density at radius 3 is 2.65 bits per heavy atom. The van der Waals surface area contributed by atoms with E-state index in [1.807, 2.05) is 30.3 Å². The average Bonchev–Trinajstić information content (AvgIpc) is 2.39. The molecule has 1 rings (SSSR count). The lowest BCUT2D eigenvalue weighted by molar-refractivity contribution is 0.0307. The molecule has 17 heavy (non-hydrogen) atoms. The van der Waals surface area contributed by atoms with Gasteiger partial charge in [-0.15, -0.1) is 11.8 Å². The molecule has 1 unspecified atom stereocenters. The first-order chi connectivity index (χ1) is 8.38. The van der Waals surface area contributed by atoms with Crippen molar-refractivity contribution in [1.82, 2.24) is 0 Å². The van der Waals surface area contributed by atoms with Crippen LogP contribution in [0.3, 0.4) is 0 Å². The first-order valence-electron chi connectivity index (χ1n) is 6.11. The molecular weight excluding hydrogens is 212 g/mol. The van der Waals surface area contributed by atoms with Crippen LogP contribution in [0.25, 0.3) is 0 Å². The highest BCUT2D eigenvalue weighted by atomic mass is 16.5. The maximum atomic E-state index is 8.81. The first-order valence-corrected chi connectivity index (χ1v) is 6.11. The highest BCUT2D eigenvalue weighted by Crippen LogP contribution is 2.20. The fourth-order valence-corrected chi connectivity index (χ4v) is 1.51. The van der Waals surface area contributed by atoms with E-state index in [1.165, 1.54) is 0 Å². The molecule has 0 saturated heterocycles. The minimum atomic E-state index is -0.0345. The molecule has 0 aromatic heterocycles. The van der Waals surface area contributed by atoms with E-state index >= 15 is 0 Å². The lowest BCUT2D eigenvalue weighted by Crippen LogP contribution is -2.07. The number of hydrogen-bond acceptors (Lipinski definition) is 2. The maximum Gasteiger partial charge on any atom is 0.0935 e. The monoisotopic (exact) mass is 232 g/mol. The second kappa shape index (κ2) is 8.81. The zero-order chi connectivity index (χ0) is 12.3. The Hall–Kier alpha value is -1.30. The summed E-state index contributed by atoms with van der Waals surface area (Å²) < 4.78 is 5.61. The second-order valence-electron chi connectivity index (χ2n) is 3.80. The van der Waals surface area contributed by atoms with E-state index in [4.69, 9.17) is 9.84 Å². The third-order valence-corrected chi connectivity index (χ3v) is 2.37. The van der Waals surface area contributed by atoms with Crippen molar-refractivity contribution in [3.05, 3.63) is 35.9 Å². The Kier molecular flexibility index (Phi) is 7.13. The predicted octanol–water partition coefficient (Wildman–Crippen LogP) is 2.93. The predicted molar refractivity (Wildman–Crippen MR) is 69.5 cm³/mol. The zero-order valence-electron chi connectivity index (χ0n) is 10.4. The van der Waals surface area contributed by atoms with Gasteiger partial charge in [-0.05, 0) is 12.0 Å². The molecule has 1 aromatic rings. The summed E-state index contributed by atoms with van der Waals surface area (Å²) >= 11 is 0. The van der Waals surface area contributed by atoms with Gasteiger partial charge in [0.05, 0.1) is 19.3 Å². The van der Waals surface area contributed by atoms with Gasteiger partial charge in [0.1, 0.15) is 0 Å². The van der Waals surface area contributed by atoms with Gasteiger partial charge in [0.2, 0.25) is 0 Å². The Morgan fingerprint density at radius 1 is 1.24 bits per heavy atom. The minimum Gasteiger partial charge on any atom is -0.394 e. The molecule has 2 heteroatoms. The van der Waals surface area contributed by atoms with Crippen molar-refractivity contribution >= 4 is 0 Å². The Morgan fingerprint density at radius 2 is 2.00 bits per heavy atom. The van der Waals surface area contributed by atoms with E-state index in [-0.39, 0.29) is 12.7 Å². The van der Waals surface area contributed by atoms with Crippen LogP contribution in [-0.2, 0) is 4.74 Å². The van der Waals surface area contributed by atoms with Gasteiger partial charge in [-0.2, -0.15) is 0 Å². The van der Waals surface area contributed by atoms with E-state index < -0.39 is 0 Å². The molecule has 0 aliphatic heterocycles. The third-order valence-electron chi connectivity index (χ3n) is 2.37. The Labute approximate surface area is 104 Å². The van der Waals surface area contributed by atoms with Crippen molar-refractivity contribution in [3.63, 3.8) is 0 Å². The van der Waals surface area contributed by atoms with Gasteiger partial charge in [-0.1, -0.05) is 37.3 Å². The van der Waals surface area contributed by atoms with E-state index in [0.29, 0.717) is 13.0 Å². The molecule has 1 N–H and O–H groups in total. The molecular formula is C15H20O2. The fourth-order valence-electron chi connectivity index (χ4n) is 1.51. The molecule has 0 saturated carbocycles. The molecule has 0 heterocycles. The number of unbranched alkanes of at least 4 members (excludes halogenated alkanes) is 1. The highest BCUT2D eigenvalue weighted by Gasteiger charge is 2.09. The van der Waals surface area contributed by atoms with Crippen molar-refractivity contribution in [2.24, 2.45) is 0 Å². The summed E-state index contributed by atoms with van der Waals surface area (Å²) in [5.41, 5.74) is 1.12. The molecule has 0 aliphatic rings. The van der Waals surface area contributed by atoms with Gasteiger partial charge in [0.25, 0.3) is 0 Å². The molecule has 0 spiro atoms. The van der Waals surface area contributed by atoms with Crippen LogP contribution in [0, 0.1) is 11.8 Å². The number of aliphatic hydroxyl groups excluding tert-OH is 1. The topological polar surface area (TPSA) is 29.5 Å². The molecule has 0 aliphatic carbocycles. The number of rotatable bonds is 6. The molecule has 1 atom stereocenters. The SMILES string of the molecule is CCCC#CCC(OCCO)c1ccccc1. The van der Waals surface area contributed by atoms with Crippen molar-refractivity contribution in [2.75, 3.05) is 13.2 Å². The molecule has 92 valence electrons. The Bertz CT molecular complexity index is 348. The molecule has 0 radical (unpaired) electrons. The first kappa shape index (κ1) is 13.8. The normalized spacial score (nSPS) is 11.6. The van der Waals surface area contributed by atoms with Crippen molar-refractivity contribution < 1.29 is 9.84 Å². The third kappa shape index (κ3) is 5.53. The van der Waals surface area contributed by atoms with Crippen LogP contribution < -0.4 is 0 Å². The van der Waals surface area contributed by atoms with Crippen LogP contribution in [0.2, 0.25) is 0 Å². The van der Waals surface area contributed by atoms with Gasteiger partial charge in [0.15, 0.2) is 0 Å². The zero-order valence-corrected chi connectivity index (χ0v) is 10.4. The van der Waals surface area contributed by atoms with Crippen molar-refractivity contribution in [1.29, 1.82) is 0 Å². The van der Waals surface area contributed by atoms with Crippen LogP contribution in [0.15, 0.2) is 30.3 Å². The lowest BCUT2D eigenvalue weighted by Gasteiger charge is -2.15. The summed E-state index contributed by atoms with van der Waals surface area (Å²) in [4.78, 5) is 0. The smallest absolute Gasteiger partial charge is 0.0935 e. The van der Waals surface area contributed by atoms with Crippen LogP contribution >= 0.6 is 0 Å². The largest absolute Gasteiger partial charge is 0.394 e. The Balaban J connectivity index is 2.58. The highest BCUT2D eigenvalue weighted by molar-refractivity contribution is 5.19. The van der Waals surface area contributed by atoms with Crippen LogP contribution in [0.4, 0.5) is 0 Å². The maximum absolute atomic E-state index is 8.81. The standard InChI is InChI=1S/C15H20O2/c1-2-3-4-8-11-15(17-13-12-16)14-9-6-5-7-10-14/h5-7,9-10,15-16H,2-3,11-13H2,1H3. The van der Waals surface area contributed by atoms with Gasteiger partial charge >= 0.3 is 0 Å². The van der Waals surface area contributed by atoms with Gasteiger partial charge in [-0.25, -0.2) is 0 Å². The fraction of sp³-hybridized carbons (Fsp3) is 0.467. The quantitative estimate of drug-likeness (QED) is 0.764. The van der Waals surface area contributed by atoms with Crippen LogP contribution in [-0.4, -0.2) is 18.3 Å². The van der Waals surface area contributed by atoms with Crippen molar-refractivity contribution in [2.45, 2.75) is 32.3 Å². The molecule has 0 bridgehead atoms. The molecule has 1 aromatic carbocycles. The molecule has 0 fully saturated rings. The van der Waals surface area contributed by atoms with Crippen LogP contribution in [0.5, 0.6) is 0 Å². The summed E-state index contributed by atoms with van der Waals surface area (Å²) in [6, 6.07) is 10.0. The molecule has 0 amide bonds. The minimum absolute atomic E-state index is 0.0345. The summed E-state index contributed by atoms with van der Waals surface area (Å²) in [5.74, 6) is 6.26. The van der Waals surface area contributed by atoms with E-state index in [2.05, 4.69) is 18.8 Å². The number of hydrogen-bond donors (Lipinski definition) is 1. The number of ether oxygens (including phenoxy) is 1. The average molecular weight is 232 g/mol. The van der Waals surface area contributed by atoms with Crippen molar-refractivity contribution in [3.8, 4) is 11.8 Å². The van der Waals surface area contributed by atoms with E-state index in [0.717, 1.165) is 18.4 Å². The summed E-state index contributed by atoms with van der Waals surface area (Å²) in [5, 5.41) is 8.81. The van der Waals surface area contributed by atoms with Gasteiger partial charge in [-0.3, -0.25) is 0 Å². The number of benzene rings is 1. The molecule has 2 nitrogen and oxygen atoms in total. The van der Waals surface area contributed by atoms with Gasteiger partial charge < -0.3 is 9.84 Å². The van der Waals surface area contributed by atoms with Gasteiger partial charge in [0, 0.05) is 12.8 Å². The number of aliphatic hydroxyl groups is 1. The van der Waals surface area contributed by atoms with Crippen LogP contribution in [0.1, 0.15) is 37.9 Å². The second-order valence-corrected chi connectivity index (χ2v) is 3.80. The summed E-state index contributed by atoms with van der Waals surface area (Å²) in [7, 11) is 0. The summed E-state index contributed by atoms with van der Waals surface area (Å²) in [6.45, 7) is 2.52. The van der Waals surface area contributed by atoms with E-state index in [1.54, 1.807) is 0 Å².